The number of aromatic nitrogens is 2. The number of nitrogens with zero attached hydrogens (tertiary/aromatic N) is 1. The number of methoxy groups -OCH3 is 1. The molecule has 0 aliphatic carbocycles. The van der Waals surface area contributed by atoms with Gasteiger partial charge in [0.05, 0.1) is 21.4 Å². The molecular formula is C12H10ClIN2O2. The summed E-state index contributed by atoms with van der Waals surface area (Å²) in [6.45, 7) is 1.80. The van der Waals surface area contributed by atoms with Crippen LogP contribution in [-0.2, 0) is 0 Å². The molecule has 0 saturated heterocycles. The van der Waals surface area contributed by atoms with Crippen molar-refractivity contribution >= 4 is 34.2 Å². The highest BCUT2D eigenvalue weighted by Crippen LogP contribution is 2.28. The lowest BCUT2D eigenvalue weighted by Gasteiger charge is -2.06. The minimum Gasteiger partial charge on any atom is -0.495 e. The van der Waals surface area contributed by atoms with Crippen LogP contribution >= 0.6 is 34.2 Å². The molecule has 0 aliphatic heterocycles. The molecule has 0 atom stereocenters. The lowest BCUT2D eigenvalue weighted by molar-refractivity contribution is 0.415. The molecule has 0 spiro atoms. The Kier molecular flexibility index (Phi) is 3.91. The van der Waals surface area contributed by atoms with Gasteiger partial charge in [0.1, 0.15) is 11.6 Å². The van der Waals surface area contributed by atoms with Gasteiger partial charge in [0.2, 0.25) is 0 Å². The zero-order valence-corrected chi connectivity index (χ0v) is 12.7. The quantitative estimate of drug-likeness (QED) is 0.820. The largest absolute Gasteiger partial charge is 0.495 e. The molecule has 18 heavy (non-hydrogen) atoms. The average Bonchev–Trinajstić information content (AvgIpc) is 2.35. The number of benzene rings is 1. The van der Waals surface area contributed by atoms with Crippen molar-refractivity contribution in [2.24, 2.45) is 0 Å². The molecule has 6 heteroatoms. The van der Waals surface area contributed by atoms with Gasteiger partial charge < -0.3 is 9.72 Å². The number of H-pyrrole nitrogens is 1. The Balaban J connectivity index is 2.56. The summed E-state index contributed by atoms with van der Waals surface area (Å²) in [5, 5.41) is 0.480. The highest BCUT2D eigenvalue weighted by Gasteiger charge is 2.09. The van der Waals surface area contributed by atoms with Crippen molar-refractivity contribution in [3.8, 4) is 17.1 Å². The second-order valence-electron chi connectivity index (χ2n) is 3.66. The van der Waals surface area contributed by atoms with Crippen molar-refractivity contribution in [3.05, 3.63) is 42.8 Å². The van der Waals surface area contributed by atoms with Gasteiger partial charge in [0.15, 0.2) is 0 Å². The van der Waals surface area contributed by atoms with E-state index in [4.69, 9.17) is 16.3 Å². The molecule has 1 aromatic heterocycles. The zero-order chi connectivity index (χ0) is 13.3. The van der Waals surface area contributed by atoms with E-state index in [0.717, 1.165) is 5.56 Å². The molecule has 0 fully saturated rings. The van der Waals surface area contributed by atoms with E-state index >= 15 is 0 Å². The van der Waals surface area contributed by atoms with Gasteiger partial charge >= 0.3 is 0 Å². The molecule has 0 aliphatic rings. The van der Waals surface area contributed by atoms with Crippen molar-refractivity contribution in [2.75, 3.05) is 7.11 Å². The lowest BCUT2D eigenvalue weighted by atomic mass is 10.2. The number of aromatic amines is 1. The van der Waals surface area contributed by atoms with Gasteiger partial charge in [-0.25, -0.2) is 4.98 Å². The number of halogens is 2. The first-order valence-electron chi connectivity index (χ1n) is 5.13. The summed E-state index contributed by atoms with van der Waals surface area (Å²) < 4.78 is 5.67. The van der Waals surface area contributed by atoms with Crippen LogP contribution < -0.4 is 10.3 Å². The molecule has 0 radical (unpaired) electrons. The maximum absolute atomic E-state index is 11.7. The first-order valence-corrected chi connectivity index (χ1v) is 6.59. The third-order valence-corrected chi connectivity index (χ3v) is 4.02. The number of aryl methyl sites for hydroxylation is 1. The van der Waals surface area contributed by atoms with Gasteiger partial charge in [-0.05, 0) is 47.7 Å². The maximum Gasteiger partial charge on any atom is 0.264 e. The second-order valence-corrected chi connectivity index (χ2v) is 5.15. The van der Waals surface area contributed by atoms with E-state index in [1.54, 1.807) is 32.2 Å². The van der Waals surface area contributed by atoms with Crippen LogP contribution in [0.15, 0.2) is 23.0 Å². The van der Waals surface area contributed by atoms with Crippen LogP contribution in [0, 0.1) is 10.5 Å². The molecular weight excluding hydrogens is 367 g/mol. The Hall–Kier alpha value is -1.08. The average molecular weight is 377 g/mol. The van der Waals surface area contributed by atoms with E-state index < -0.39 is 0 Å². The zero-order valence-electron chi connectivity index (χ0n) is 9.75. The summed E-state index contributed by atoms with van der Waals surface area (Å²) in [7, 11) is 1.55. The molecule has 2 aromatic rings. The molecule has 1 aromatic carbocycles. The van der Waals surface area contributed by atoms with Crippen LogP contribution in [0.25, 0.3) is 11.4 Å². The van der Waals surface area contributed by atoms with Crippen molar-refractivity contribution in [2.45, 2.75) is 6.92 Å². The summed E-state index contributed by atoms with van der Waals surface area (Å²) in [5.74, 6) is 1.09. The first-order chi connectivity index (χ1) is 8.52. The highest BCUT2D eigenvalue weighted by atomic mass is 127. The van der Waals surface area contributed by atoms with Gasteiger partial charge in [0.25, 0.3) is 5.56 Å². The smallest absolute Gasteiger partial charge is 0.264 e. The van der Waals surface area contributed by atoms with Crippen molar-refractivity contribution in [3.63, 3.8) is 0 Å². The number of nitrogens with one attached hydrogen (secondary N) is 1. The number of hydrogen-bond donors (Lipinski definition) is 1. The van der Waals surface area contributed by atoms with Crippen LogP contribution in [-0.4, -0.2) is 17.1 Å². The lowest BCUT2D eigenvalue weighted by Crippen LogP contribution is -2.14. The predicted octanol–water partition coefficient (Wildman–Crippen LogP) is 3.01. The molecule has 94 valence electrons. The molecule has 0 saturated carbocycles. The third kappa shape index (κ3) is 2.51. The summed E-state index contributed by atoms with van der Waals surface area (Å²) in [4.78, 5) is 18.7. The van der Waals surface area contributed by atoms with Crippen LogP contribution in [0.5, 0.6) is 5.75 Å². The van der Waals surface area contributed by atoms with Crippen molar-refractivity contribution < 1.29 is 4.74 Å². The van der Waals surface area contributed by atoms with E-state index in [2.05, 4.69) is 9.97 Å². The summed E-state index contributed by atoms with van der Waals surface area (Å²) >= 11 is 8.01. The first kappa shape index (κ1) is 13.4. The fourth-order valence-corrected chi connectivity index (χ4v) is 2.03. The van der Waals surface area contributed by atoms with Crippen molar-refractivity contribution in [1.82, 2.24) is 9.97 Å². The summed E-state index contributed by atoms with van der Waals surface area (Å²) in [6, 6.07) is 5.26. The number of ether oxygens (including phenoxy) is 1. The van der Waals surface area contributed by atoms with E-state index in [9.17, 15) is 4.79 Å². The number of rotatable bonds is 2. The van der Waals surface area contributed by atoms with E-state index in [1.807, 2.05) is 22.6 Å². The highest BCUT2D eigenvalue weighted by molar-refractivity contribution is 14.1. The van der Waals surface area contributed by atoms with Gasteiger partial charge in [-0.3, -0.25) is 4.79 Å². The standard InChI is InChI=1S/C12H10ClIN2O2/c1-6-10(14)12(17)16-11(15-6)7-3-4-9(18-2)8(13)5-7/h3-5H,1-2H3,(H,15,16,17). The van der Waals surface area contributed by atoms with Gasteiger partial charge in [-0.1, -0.05) is 11.6 Å². The van der Waals surface area contributed by atoms with E-state index in [-0.39, 0.29) is 5.56 Å². The fraction of sp³-hybridized carbons (Fsp3) is 0.167. The topological polar surface area (TPSA) is 55.0 Å². The number of hydrogen-bond acceptors (Lipinski definition) is 3. The Morgan fingerprint density at radius 2 is 2.17 bits per heavy atom. The molecule has 2 rings (SSSR count). The van der Waals surface area contributed by atoms with Crippen LogP contribution in [0.2, 0.25) is 5.02 Å². The Labute approximate surface area is 122 Å². The van der Waals surface area contributed by atoms with Gasteiger partial charge in [0, 0.05) is 5.56 Å². The maximum atomic E-state index is 11.7. The van der Waals surface area contributed by atoms with Crippen molar-refractivity contribution in [1.29, 1.82) is 0 Å². The van der Waals surface area contributed by atoms with E-state index in [0.29, 0.717) is 25.9 Å². The molecule has 0 amide bonds. The monoisotopic (exact) mass is 376 g/mol. The Morgan fingerprint density at radius 1 is 1.44 bits per heavy atom. The van der Waals surface area contributed by atoms with Crippen LogP contribution in [0.3, 0.4) is 0 Å². The molecule has 1 heterocycles. The summed E-state index contributed by atoms with van der Waals surface area (Å²) in [6.07, 6.45) is 0. The van der Waals surface area contributed by atoms with Crippen LogP contribution in [0.4, 0.5) is 0 Å². The molecule has 4 nitrogen and oxygen atoms in total. The molecule has 1 N–H and O–H groups in total. The Bertz CT molecular complexity index is 655. The molecule has 0 bridgehead atoms. The fourth-order valence-electron chi connectivity index (χ4n) is 1.52. The van der Waals surface area contributed by atoms with Crippen LogP contribution in [0.1, 0.15) is 5.69 Å². The second kappa shape index (κ2) is 5.27. The normalized spacial score (nSPS) is 10.4. The minimum atomic E-state index is -0.148. The van der Waals surface area contributed by atoms with Gasteiger partial charge in [-0.2, -0.15) is 0 Å². The minimum absolute atomic E-state index is 0.148. The van der Waals surface area contributed by atoms with Gasteiger partial charge in [-0.15, -0.1) is 0 Å². The predicted molar refractivity (Wildman–Crippen MR) is 79.3 cm³/mol. The SMILES string of the molecule is COc1ccc(-c2nc(C)c(I)c(=O)[nH]2)cc1Cl. The summed E-state index contributed by atoms with van der Waals surface area (Å²) in [5.41, 5.74) is 1.30. The Morgan fingerprint density at radius 3 is 2.72 bits per heavy atom. The molecule has 0 unspecified atom stereocenters. The third-order valence-electron chi connectivity index (χ3n) is 2.45. The van der Waals surface area contributed by atoms with E-state index in [1.165, 1.54) is 0 Å².